The predicted molar refractivity (Wildman–Crippen MR) is 80.3 cm³/mol. The molecule has 2 aromatic rings. The number of hydrogen-bond acceptors (Lipinski definition) is 5. The van der Waals surface area contributed by atoms with E-state index in [0.29, 0.717) is 28.3 Å². The lowest BCUT2D eigenvalue weighted by Crippen LogP contribution is -2.25. The zero-order chi connectivity index (χ0) is 15.8. The molecule has 0 spiro atoms. The van der Waals surface area contributed by atoms with Crippen molar-refractivity contribution in [1.82, 2.24) is 9.88 Å². The van der Waals surface area contributed by atoms with Crippen molar-refractivity contribution in [3.63, 3.8) is 0 Å². The Labute approximate surface area is 124 Å². The highest BCUT2D eigenvalue weighted by atomic mass is 32.2. The number of benzene rings is 1. The van der Waals surface area contributed by atoms with Crippen molar-refractivity contribution in [2.75, 3.05) is 5.73 Å². The van der Waals surface area contributed by atoms with Gasteiger partial charge in [0.05, 0.1) is 17.1 Å². The van der Waals surface area contributed by atoms with Crippen molar-refractivity contribution in [2.45, 2.75) is 39.1 Å². The van der Waals surface area contributed by atoms with Gasteiger partial charge in [0.2, 0.25) is 10.0 Å². The summed E-state index contributed by atoms with van der Waals surface area (Å²) >= 11 is 0. The molecule has 1 aromatic carbocycles. The highest BCUT2D eigenvalue weighted by Gasteiger charge is 2.22. The number of sulfonamides is 1. The molecule has 0 amide bonds. The Morgan fingerprint density at radius 3 is 2.43 bits per heavy atom. The molecule has 0 aliphatic carbocycles. The van der Waals surface area contributed by atoms with Gasteiger partial charge in [-0.1, -0.05) is 11.2 Å². The van der Waals surface area contributed by atoms with Gasteiger partial charge in [0.15, 0.2) is 0 Å². The van der Waals surface area contributed by atoms with Crippen molar-refractivity contribution >= 4 is 15.7 Å². The zero-order valence-corrected chi connectivity index (χ0v) is 13.3. The van der Waals surface area contributed by atoms with Gasteiger partial charge in [-0.15, -0.1) is 0 Å². The van der Waals surface area contributed by atoms with Crippen LogP contribution in [-0.2, 0) is 16.6 Å². The molecule has 0 fully saturated rings. The molecule has 0 bridgehead atoms. The van der Waals surface area contributed by atoms with Gasteiger partial charge in [-0.25, -0.2) is 13.1 Å². The van der Waals surface area contributed by atoms with Crippen molar-refractivity contribution in [3.05, 3.63) is 40.3 Å². The fourth-order valence-electron chi connectivity index (χ4n) is 2.34. The minimum atomic E-state index is -3.66. The minimum absolute atomic E-state index is 0.0757. The quantitative estimate of drug-likeness (QED) is 0.841. The number of rotatable bonds is 4. The van der Waals surface area contributed by atoms with Crippen molar-refractivity contribution in [3.8, 4) is 0 Å². The Bertz CT molecular complexity index is 779. The first-order chi connectivity index (χ1) is 9.72. The van der Waals surface area contributed by atoms with Crippen LogP contribution in [0.5, 0.6) is 0 Å². The first-order valence-electron chi connectivity index (χ1n) is 6.50. The topological polar surface area (TPSA) is 98.2 Å². The van der Waals surface area contributed by atoms with Crippen LogP contribution in [0, 0.1) is 27.7 Å². The SMILES string of the molecule is Cc1cc(CNS(=O)(=O)c2c(C)cc(C)c(N)c2C)no1. The molecule has 1 aromatic heterocycles. The fourth-order valence-corrected chi connectivity index (χ4v) is 3.82. The number of aryl methyl sites for hydroxylation is 3. The number of nitrogens with two attached hydrogens (primary N) is 1. The van der Waals surface area contributed by atoms with E-state index < -0.39 is 10.0 Å². The van der Waals surface area contributed by atoms with Crippen LogP contribution in [0.2, 0.25) is 0 Å². The van der Waals surface area contributed by atoms with Crippen LogP contribution in [0.3, 0.4) is 0 Å². The summed E-state index contributed by atoms with van der Waals surface area (Å²) in [6.45, 7) is 7.15. The van der Waals surface area contributed by atoms with E-state index in [1.165, 1.54) is 0 Å². The van der Waals surface area contributed by atoms with Gasteiger partial charge in [-0.3, -0.25) is 0 Å². The molecule has 114 valence electrons. The molecule has 0 unspecified atom stereocenters. The Morgan fingerprint density at radius 2 is 1.86 bits per heavy atom. The lowest BCUT2D eigenvalue weighted by atomic mass is 10.1. The van der Waals surface area contributed by atoms with E-state index in [-0.39, 0.29) is 11.4 Å². The lowest BCUT2D eigenvalue weighted by molar-refractivity contribution is 0.390. The molecule has 3 N–H and O–H groups in total. The van der Waals surface area contributed by atoms with Crippen molar-refractivity contribution < 1.29 is 12.9 Å². The second-order valence-electron chi connectivity index (χ2n) is 5.13. The number of nitrogen functional groups attached to an aromatic ring is 1. The van der Waals surface area contributed by atoms with E-state index in [1.54, 1.807) is 32.9 Å². The highest BCUT2D eigenvalue weighted by Crippen LogP contribution is 2.27. The molecule has 21 heavy (non-hydrogen) atoms. The summed E-state index contributed by atoms with van der Waals surface area (Å²) in [5.74, 6) is 0.635. The molecular weight excluding hydrogens is 290 g/mol. The maximum Gasteiger partial charge on any atom is 0.241 e. The van der Waals surface area contributed by atoms with Gasteiger partial charge in [-0.2, -0.15) is 0 Å². The van der Waals surface area contributed by atoms with Gasteiger partial charge < -0.3 is 10.3 Å². The van der Waals surface area contributed by atoms with Crippen LogP contribution in [0.15, 0.2) is 21.6 Å². The maximum absolute atomic E-state index is 12.5. The number of aromatic nitrogens is 1. The third kappa shape index (κ3) is 3.08. The Morgan fingerprint density at radius 1 is 1.19 bits per heavy atom. The van der Waals surface area contributed by atoms with Crippen LogP contribution in [0.1, 0.15) is 28.1 Å². The zero-order valence-electron chi connectivity index (χ0n) is 12.5. The molecular formula is C14H19N3O3S. The fraction of sp³-hybridized carbons (Fsp3) is 0.357. The first kappa shape index (κ1) is 15.5. The van der Waals surface area contributed by atoms with Crippen molar-refractivity contribution in [1.29, 1.82) is 0 Å². The minimum Gasteiger partial charge on any atom is -0.398 e. The Hall–Kier alpha value is -1.86. The third-order valence-corrected chi connectivity index (χ3v) is 5.04. The molecule has 7 heteroatoms. The molecule has 0 aliphatic rings. The lowest BCUT2D eigenvalue weighted by Gasteiger charge is -2.15. The molecule has 2 rings (SSSR count). The first-order valence-corrected chi connectivity index (χ1v) is 7.99. The molecule has 0 saturated carbocycles. The van der Waals surface area contributed by atoms with Crippen LogP contribution in [0.4, 0.5) is 5.69 Å². The monoisotopic (exact) mass is 309 g/mol. The summed E-state index contributed by atoms with van der Waals surface area (Å²) < 4.78 is 32.4. The highest BCUT2D eigenvalue weighted by molar-refractivity contribution is 7.89. The van der Waals surface area contributed by atoms with Crippen LogP contribution < -0.4 is 10.5 Å². The Kier molecular flexibility index (Phi) is 4.06. The van der Waals surface area contributed by atoms with Gasteiger partial charge in [-0.05, 0) is 44.4 Å². The smallest absolute Gasteiger partial charge is 0.241 e. The molecule has 0 atom stereocenters. The summed E-state index contributed by atoms with van der Waals surface area (Å²) in [6, 6.07) is 3.46. The van der Waals surface area contributed by atoms with Crippen LogP contribution >= 0.6 is 0 Å². The number of nitrogens with one attached hydrogen (secondary N) is 1. The second kappa shape index (κ2) is 5.50. The van der Waals surface area contributed by atoms with E-state index in [4.69, 9.17) is 10.3 Å². The average Bonchev–Trinajstić information content (AvgIpc) is 2.79. The molecule has 0 radical (unpaired) electrons. The molecule has 0 saturated heterocycles. The van der Waals surface area contributed by atoms with Crippen molar-refractivity contribution in [2.24, 2.45) is 0 Å². The van der Waals surface area contributed by atoms with E-state index in [1.807, 2.05) is 6.92 Å². The van der Waals surface area contributed by atoms with E-state index in [9.17, 15) is 8.42 Å². The number of hydrogen-bond donors (Lipinski definition) is 2. The molecule has 1 heterocycles. The second-order valence-corrected chi connectivity index (χ2v) is 6.84. The summed E-state index contributed by atoms with van der Waals surface area (Å²) in [7, 11) is -3.66. The number of nitrogens with zero attached hydrogens (tertiary/aromatic N) is 1. The molecule has 6 nitrogen and oxygen atoms in total. The normalized spacial score (nSPS) is 11.8. The van der Waals surface area contributed by atoms with Crippen LogP contribution in [-0.4, -0.2) is 13.6 Å². The molecule has 0 aliphatic heterocycles. The summed E-state index contributed by atoms with van der Waals surface area (Å²) in [5, 5.41) is 3.76. The average molecular weight is 309 g/mol. The summed E-state index contributed by atoms with van der Waals surface area (Å²) in [5.41, 5.74) is 9.08. The van der Waals surface area contributed by atoms with Gasteiger partial charge in [0.1, 0.15) is 5.76 Å². The standard InChI is InChI=1S/C14H19N3O3S/c1-8-5-9(2)14(11(4)13(8)15)21(18,19)16-7-12-6-10(3)20-17-12/h5-6,16H,7,15H2,1-4H3. The van der Waals surface area contributed by atoms with Gasteiger partial charge in [0.25, 0.3) is 0 Å². The third-order valence-electron chi connectivity index (χ3n) is 3.35. The number of anilines is 1. The van der Waals surface area contributed by atoms with Crippen LogP contribution in [0.25, 0.3) is 0 Å². The van der Waals surface area contributed by atoms with Gasteiger partial charge in [0, 0.05) is 11.8 Å². The summed E-state index contributed by atoms with van der Waals surface area (Å²) in [6.07, 6.45) is 0. The largest absolute Gasteiger partial charge is 0.398 e. The van der Waals surface area contributed by atoms with Gasteiger partial charge >= 0.3 is 0 Å². The van der Waals surface area contributed by atoms with E-state index in [0.717, 1.165) is 5.56 Å². The maximum atomic E-state index is 12.5. The van der Waals surface area contributed by atoms with E-state index in [2.05, 4.69) is 9.88 Å². The Balaban J connectivity index is 2.34. The summed E-state index contributed by atoms with van der Waals surface area (Å²) in [4.78, 5) is 0.228. The van der Waals surface area contributed by atoms with E-state index >= 15 is 0 Å². The predicted octanol–water partition coefficient (Wildman–Crippen LogP) is 1.97.